The highest BCUT2D eigenvalue weighted by Crippen LogP contribution is 2.20. The van der Waals surface area contributed by atoms with Gasteiger partial charge in [0.25, 0.3) is 0 Å². The molecule has 0 saturated carbocycles. The molecule has 1 saturated heterocycles. The summed E-state index contributed by atoms with van der Waals surface area (Å²) in [6.45, 7) is 1.56. The van der Waals surface area contributed by atoms with Crippen LogP contribution in [0.5, 0.6) is 0 Å². The third-order valence-corrected chi connectivity index (χ3v) is 4.35. The van der Waals surface area contributed by atoms with Crippen molar-refractivity contribution in [3.63, 3.8) is 0 Å². The second kappa shape index (κ2) is 6.28. The Morgan fingerprint density at radius 3 is 2.79 bits per heavy atom. The Morgan fingerprint density at radius 2 is 1.96 bits per heavy atom. The Kier molecular flexibility index (Phi) is 3.83. The minimum Gasteiger partial charge on any atom is -0.351 e. The van der Waals surface area contributed by atoms with Crippen LogP contribution in [0.25, 0.3) is 10.8 Å². The summed E-state index contributed by atoms with van der Waals surface area (Å²) in [5, 5.41) is 5.41. The highest BCUT2D eigenvalue weighted by atomic mass is 16.1. The lowest BCUT2D eigenvalue weighted by molar-refractivity contribution is -0.121. The number of aromatic nitrogens is 2. The van der Waals surface area contributed by atoms with E-state index in [4.69, 9.17) is 0 Å². The van der Waals surface area contributed by atoms with Gasteiger partial charge in [-0.15, -0.1) is 0 Å². The zero-order chi connectivity index (χ0) is 16.4. The van der Waals surface area contributed by atoms with Gasteiger partial charge in [-0.25, -0.2) is 4.98 Å². The Bertz CT molecular complexity index is 854. The van der Waals surface area contributed by atoms with Gasteiger partial charge in [-0.3, -0.25) is 9.78 Å². The van der Waals surface area contributed by atoms with Gasteiger partial charge in [-0.05, 0) is 16.3 Å². The number of carbonyl (C=O) groups is 1. The number of hydrogen-bond acceptors (Lipinski definition) is 4. The third kappa shape index (κ3) is 2.93. The molecule has 2 heterocycles. The summed E-state index contributed by atoms with van der Waals surface area (Å²) in [5.41, 5.74) is 1.07. The van der Waals surface area contributed by atoms with Crippen LogP contribution in [0.2, 0.25) is 0 Å². The molecule has 5 heteroatoms. The first-order valence-corrected chi connectivity index (χ1v) is 8.06. The number of anilines is 1. The minimum absolute atomic E-state index is 0.0650. The predicted octanol–water partition coefficient (Wildman–Crippen LogP) is 2.18. The SMILES string of the molecule is O=C(Cc1cccc2ccccc12)NC1CN(c2cnccn2)C1. The maximum atomic E-state index is 12.3. The molecule has 0 bridgehead atoms. The average Bonchev–Trinajstić information content (AvgIpc) is 2.59. The van der Waals surface area contributed by atoms with Crippen molar-refractivity contribution in [2.45, 2.75) is 12.5 Å². The Balaban J connectivity index is 1.36. The topological polar surface area (TPSA) is 58.1 Å². The number of rotatable bonds is 4. The summed E-state index contributed by atoms with van der Waals surface area (Å²) < 4.78 is 0. The fourth-order valence-corrected chi connectivity index (χ4v) is 3.11. The molecule has 0 radical (unpaired) electrons. The van der Waals surface area contributed by atoms with Crippen LogP contribution in [0.4, 0.5) is 5.82 Å². The van der Waals surface area contributed by atoms with Gasteiger partial charge < -0.3 is 10.2 Å². The number of nitrogens with zero attached hydrogens (tertiary/aromatic N) is 3. The Morgan fingerprint density at radius 1 is 1.12 bits per heavy atom. The van der Waals surface area contributed by atoms with E-state index < -0.39 is 0 Å². The maximum absolute atomic E-state index is 12.3. The van der Waals surface area contributed by atoms with Gasteiger partial charge in [0.05, 0.1) is 18.7 Å². The molecule has 0 spiro atoms. The van der Waals surface area contributed by atoms with E-state index in [1.54, 1.807) is 18.6 Å². The van der Waals surface area contributed by atoms with Crippen molar-refractivity contribution in [2.75, 3.05) is 18.0 Å². The van der Waals surface area contributed by atoms with E-state index >= 15 is 0 Å². The molecule has 24 heavy (non-hydrogen) atoms. The molecule has 1 N–H and O–H groups in total. The number of fused-ring (bicyclic) bond motifs is 1. The lowest BCUT2D eigenvalue weighted by Gasteiger charge is -2.40. The molecule has 1 aliphatic heterocycles. The first kappa shape index (κ1) is 14.6. The van der Waals surface area contributed by atoms with E-state index in [-0.39, 0.29) is 11.9 Å². The summed E-state index contributed by atoms with van der Waals surface area (Å²) in [6, 6.07) is 14.4. The quantitative estimate of drug-likeness (QED) is 0.801. The van der Waals surface area contributed by atoms with Crippen molar-refractivity contribution in [3.05, 3.63) is 66.6 Å². The van der Waals surface area contributed by atoms with Gasteiger partial charge in [0.2, 0.25) is 5.91 Å². The van der Waals surface area contributed by atoms with Crippen molar-refractivity contribution in [2.24, 2.45) is 0 Å². The molecule has 0 unspecified atom stereocenters. The van der Waals surface area contributed by atoms with Crippen LogP contribution in [0.3, 0.4) is 0 Å². The van der Waals surface area contributed by atoms with Crippen molar-refractivity contribution >= 4 is 22.5 Å². The summed E-state index contributed by atoms with van der Waals surface area (Å²) in [4.78, 5) is 22.8. The maximum Gasteiger partial charge on any atom is 0.224 e. The van der Waals surface area contributed by atoms with Crippen molar-refractivity contribution < 1.29 is 4.79 Å². The largest absolute Gasteiger partial charge is 0.351 e. The second-order valence-corrected chi connectivity index (χ2v) is 6.05. The minimum atomic E-state index is 0.0650. The predicted molar refractivity (Wildman–Crippen MR) is 93.8 cm³/mol. The highest BCUT2D eigenvalue weighted by molar-refractivity contribution is 5.90. The number of nitrogens with one attached hydrogen (secondary N) is 1. The molecule has 0 atom stereocenters. The molecular weight excluding hydrogens is 300 g/mol. The van der Waals surface area contributed by atoms with E-state index in [9.17, 15) is 4.79 Å². The first-order chi connectivity index (χ1) is 11.8. The number of hydrogen-bond donors (Lipinski definition) is 1. The van der Waals surface area contributed by atoms with Crippen molar-refractivity contribution in [1.29, 1.82) is 0 Å². The molecular formula is C19H18N4O. The molecule has 1 fully saturated rings. The first-order valence-electron chi connectivity index (χ1n) is 8.06. The fourth-order valence-electron chi connectivity index (χ4n) is 3.11. The monoisotopic (exact) mass is 318 g/mol. The summed E-state index contributed by atoms with van der Waals surface area (Å²) >= 11 is 0. The van der Waals surface area contributed by atoms with Gasteiger partial charge in [-0.2, -0.15) is 0 Å². The summed E-state index contributed by atoms with van der Waals surface area (Å²) in [5.74, 6) is 0.923. The molecule has 0 aliphatic carbocycles. The highest BCUT2D eigenvalue weighted by Gasteiger charge is 2.29. The van der Waals surface area contributed by atoms with Gasteiger partial charge in [0, 0.05) is 25.5 Å². The molecule has 2 aromatic carbocycles. The molecule has 1 aliphatic rings. The van der Waals surface area contributed by atoms with Gasteiger partial charge in [0.1, 0.15) is 5.82 Å². The van der Waals surface area contributed by atoms with Gasteiger partial charge in [0.15, 0.2) is 0 Å². The number of carbonyl (C=O) groups excluding carboxylic acids is 1. The van der Waals surface area contributed by atoms with Crippen LogP contribution in [0, 0.1) is 0 Å². The number of benzene rings is 2. The summed E-state index contributed by atoms with van der Waals surface area (Å²) in [6.07, 6.45) is 5.49. The van der Waals surface area contributed by atoms with Crippen LogP contribution >= 0.6 is 0 Å². The van der Waals surface area contributed by atoms with Gasteiger partial charge >= 0.3 is 0 Å². The van der Waals surface area contributed by atoms with Crippen molar-refractivity contribution in [1.82, 2.24) is 15.3 Å². The van der Waals surface area contributed by atoms with E-state index in [0.29, 0.717) is 6.42 Å². The van der Waals surface area contributed by atoms with Crippen LogP contribution < -0.4 is 10.2 Å². The zero-order valence-corrected chi connectivity index (χ0v) is 13.2. The standard InChI is InChI=1S/C19H18N4O/c24-19(10-15-6-3-5-14-4-1-2-7-17(14)15)22-16-12-23(13-16)18-11-20-8-9-21-18/h1-9,11,16H,10,12-13H2,(H,22,24). The third-order valence-electron chi connectivity index (χ3n) is 4.35. The van der Waals surface area contributed by atoms with Gasteiger partial charge in [-0.1, -0.05) is 42.5 Å². The van der Waals surface area contributed by atoms with Crippen LogP contribution in [-0.2, 0) is 11.2 Å². The summed E-state index contributed by atoms with van der Waals surface area (Å²) in [7, 11) is 0. The molecule has 1 aromatic heterocycles. The molecule has 3 aromatic rings. The lowest BCUT2D eigenvalue weighted by atomic mass is 10.0. The fraction of sp³-hybridized carbons (Fsp3) is 0.211. The van der Waals surface area contributed by atoms with Crippen LogP contribution in [-0.4, -0.2) is 35.0 Å². The van der Waals surface area contributed by atoms with Crippen LogP contribution in [0.1, 0.15) is 5.56 Å². The molecule has 1 amide bonds. The van der Waals surface area contributed by atoms with E-state index in [1.807, 2.05) is 24.3 Å². The smallest absolute Gasteiger partial charge is 0.224 e. The van der Waals surface area contributed by atoms with E-state index in [2.05, 4.69) is 38.4 Å². The van der Waals surface area contributed by atoms with E-state index in [0.717, 1.165) is 29.9 Å². The second-order valence-electron chi connectivity index (χ2n) is 6.05. The normalized spacial score (nSPS) is 14.4. The molecule has 5 nitrogen and oxygen atoms in total. The molecule has 4 rings (SSSR count). The number of amides is 1. The van der Waals surface area contributed by atoms with Crippen molar-refractivity contribution in [3.8, 4) is 0 Å². The zero-order valence-electron chi connectivity index (χ0n) is 13.2. The van der Waals surface area contributed by atoms with Crippen LogP contribution in [0.15, 0.2) is 61.1 Å². The van der Waals surface area contributed by atoms with E-state index in [1.165, 1.54) is 5.39 Å². The Labute approximate surface area is 140 Å². The average molecular weight is 318 g/mol. The lowest BCUT2D eigenvalue weighted by Crippen LogP contribution is -2.60. The molecule has 120 valence electrons. The Hall–Kier alpha value is -2.95.